The topological polar surface area (TPSA) is 23.4 Å². The van der Waals surface area contributed by atoms with E-state index in [0.29, 0.717) is 0 Å². The summed E-state index contributed by atoms with van der Waals surface area (Å²) in [5, 5.41) is 5.17. The number of anilines is 5. The number of hydrogen-bond donors (Lipinski definition) is 1. The van der Waals surface area contributed by atoms with Crippen LogP contribution in [0.25, 0.3) is 33.8 Å². The lowest BCUT2D eigenvalue weighted by Crippen LogP contribution is -2.30. The zero-order valence-corrected chi connectivity index (χ0v) is 29.0. The highest BCUT2D eigenvalue weighted by Gasteiger charge is 2.41. The van der Waals surface area contributed by atoms with Gasteiger partial charge in [0.05, 0.1) is 28.6 Å². The Kier molecular flexibility index (Phi) is 6.71. The molecule has 2 unspecified atom stereocenters. The number of benzene rings is 7. The predicted octanol–water partition coefficient (Wildman–Crippen LogP) is 12.6. The number of rotatable bonds is 4. The zero-order chi connectivity index (χ0) is 34.9. The van der Waals surface area contributed by atoms with Gasteiger partial charge in [-0.2, -0.15) is 0 Å². The molecule has 53 heavy (non-hydrogen) atoms. The van der Waals surface area contributed by atoms with Gasteiger partial charge in [0.15, 0.2) is 0 Å². The molecule has 0 saturated carbocycles. The Hall–Kier alpha value is -6.78. The molecule has 4 heteroatoms. The first-order valence-electron chi connectivity index (χ1n) is 18.5. The first-order valence-corrected chi connectivity index (χ1v) is 18.5. The van der Waals surface area contributed by atoms with Gasteiger partial charge in [0.1, 0.15) is 6.17 Å². The minimum atomic E-state index is -0.0771. The van der Waals surface area contributed by atoms with Crippen molar-refractivity contribution >= 4 is 45.4 Å². The quantitative estimate of drug-likeness (QED) is 0.200. The molecule has 0 saturated heterocycles. The summed E-state index contributed by atoms with van der Waals surface area (Å²) in [5.41, 5.74) is 15.9. The van der Waals surface area contributed by atoms with Crippen LogP contribution in [0.3, 0.4) is 0 Å². The van der Waals surface area contributed by atoms with Crippen LogP contribution in [-0.2, 0) is 0 Å². The van der Waals surface area contributed by atoms with Gasteiger partial charge in [-0.1, -0.05) is 127 Å². The molecule has 0 spiro atoms. The number of nitrogens with zero attached hydrogens (tertiary/aromatic N) is 3. The highest BCUT2D eigenvalue weighted by atomic mass is 15.3. The van der Waals surface area contributed by atoms with Crippen molar-refractivity contribution in [2.75, 3.05) is 15.1 Å². The summed E-state index contributed by atoms with van der Waals surface area (Å²) in [6, 6.07) is 66.3. The third-order valence-electron chi connectivity index (χ3n) is 11.3. The molecule has 3 atom stereocenters. The van der Waals surface area contributed by atoms with E-state index in [9.17, 15) is 0 Å². The molecular weight excluding hydrogens is 645 g/mol. The lowest BCUT2D eigenvalue weighted by molar-refractivity contribution is 0.628. The highest BCUT2D eigenvalue weighted by molar-refractivity contribution is 5.95. The van der Waals surface area contributed by atoms with Crippen LogP contribution in [0, 0.1) is 0 Å². The van der Waals surface area contributed by atoms with Crippen molar-refractivity contribution in [1.82, 2.24) is 4.57 Å². The zero-order valence-electron chi connectivity index (χ0n) is 29.0. The van der Waals surface area contributed by atoms with Gasteiger partial charge < -0.3 is 19.7 Å². The van der Waals surface area contributed by atoms with Gasteiger partial charge in [0.2, 0.25) is 0 Å². The maximum atomic E-state index is 3.89. The van der Waals surface area contributed by atoms with E-state index in [2.05, 4.69) is 214 Å². The monoisotopic (exact) mass is 680 g/mol. The van der Waals surface area contributed by atoms with Crippen molar-refractivity contribution in [1.29, 1.82) is 0 Å². The lowest BCUT2D eigenvalue weighted by Gasteiger charge is -2.39. The standard InChI is InChI=1S/C49H36N4/c1-3-17-34(18-4-1)51-44-28-13-10-25-41(44)47-46(51)31-30-40-38-23-8-7-22-37(38)39-24-9-12-27-43(39)52(48(40)47)36-21-15-16-33(32-36)49-50-42-26-11-14-29-45(42)53(49)35-19-5-2-6-20-35/h1-32,40,48-50H/t40?,48?,49-/m1/s1. The molecule has 3 aliphatic rings. The Bertz CT molecular complexity index is 2690. The van der Waals surface area contributed by atoms with Crippen LogP contribution in [0.15, 0.2) is 188 Å². The summed E-state index contributed by atoms with van der Waals surface area (Å²) >= 11 is 0. The van der Waals surface area contributed by atoms with E-state index in [1.807, 2.05) is 0 Å². The molecule has 0 bridgehead atoms. The van der Waals surface area contributed by atoms with Gasteiger partial charge in [-0.15, -0.1) is 0 Å². The summed E-state index contributed by atoms with van der Waals surface area (Å²) in [7, 11) is 0. The Morgan fingerprint density at radius 1 is 0.491 bits per heavy atom. The average molecular weight is 681 g/mol. The van der Waals surface area contributed by atoms with Gasteiger partial charge in [-0.05, 0) is 83.4 Å². The fourth-order valence-electron chi connectivity index (χ4n) is 9.16. The van der Waals surface area contributed by atoms with E-state index >= 15 is 0 Å². The van der Waals surface area contributed by atoms with E-state index in [1.165, 1.54) is 67.2 Å². The summed E-state index contributed by atoms with van der Waals surface area (Å²) in [6.45, 7) is 0. The summed E-state index contributed by atoms with van der Waals surface area (Å²) in [5.74, 6) is 0.111. The summed E-state index contributed by atoms with van der Waals surface area (Å²) in [4.78, 5) is 5.07. The SMILES string of the molecule is C1=CC2c3ccccc3-c3ccccc3N(c3cccc([C@@H]4Nc5ccccc5N4c4ccccc4)c3)C2c2c1n(-c1ccccc1)c1ccccc21. The molecule has 2 aliphatic heterocycles. The molecule has 252 valence electrons. The first-order chi connectivity index (χ1) is 26.3. The van der Waals surface area contributed by atoms with E-state index in [1.54, 1.807) is 0 Å². The van der Waals surface area contributed by atoms with Crippen molar-refractivity contribution < 1.29 is 0 Å². The van der Waals surface area contributed by atoms with Gasteiger partial charge in [0, 0.05) is 45.2 Å². The van der Waals surface area contributed by atoms with Crippen molar-refractivity contribution in [3.8, 4) is 16.8 Å². The van der Waals surface area contributed by atoms with Crippen LogP contribution >= 0.6 is 0 Å². The first kappa shape index (κ1) is 29.9. The van der Waals surface area contributed by atoms with E-state index in [0.717, 1.165) is 11.4 Å². The number of fused-ring (bicyclic) bond motifs is 10. The molecule has 0 fully saturated rings. The third-order valence-corrected chi connectivity index (χ3v) is 11.3. The fourth-order valence-corrected chi connectivity index (χ4v) is 9.16. The summed E-state index contributed by atoms with van der Waals surface area (Å²) < 4.78 is 2.45. The van der Waals surface area contributed by atoms with Crippen molar-refractivity contribution in [3.05, 3.63) is 210 Å². The molecule has 1 aromatic heterocycles. The van der Waals surface area contributed by atoms with Crippen LogP contribution in [0.5, 0.6) is 0 Å². The molecule has 11 rings (SSSR count). The maximum Gasteiger partial charge on any atom is 0.130 e. The van der Waals surface area contributed by atoms with E-state index < -0.39 is 0 Å². The fraction of sp³-hybridized carbons (Fsp3) is 0.0612. The van der Waals surface area contributed by atoms with E-state index in [4.69, 9.17) is 0 Å². The Morgan fingerprint density at radius 3 is 2.00 bits per heavy atom. The second kappa shape index (κ2) is 11.9. The lowest BCUT2D eigenvalue weighted by atomic mass is 9.80. The Morgan fingerprint density at radius 2 is 1.15 bits per heavy atom. The third kappa shape index (κ3) is 4.55. The highest BCUT2D eigenvalue weighted by Crippen LogP contribution is 2.57. The van der Waals surface area contributed by atoms with Gasteiger partial charge >= 0.3 is 0 Å². The number of hydrogen-bond acceptors (Lipinski definition) is 3. The van der Waals surface area contributed by atoms with Crippen molar-refractivity contribution in [2.45, 2.75) is 18.1 Å². The van der Waals surface area contributed by atoms with Gasteiger partial charge in [-0.3, -0.25) is 0 Å². The van der Waals surface area contributed by atoms with Crippen LogP contribution < -0.4 is 15.1 Å². The molecule has 1 aliphatic carbocycles. The molecular formula is C49H36N4. The Labute approximate surface area is 309 Å². The second-order valence-corrected chi connectivity index (χ2v) is 14.2. The van der Waals surface area contributed by atoms with Crippen LogP contribution in [0.4, 0.5) is 28.4 Å². The average Bonchev–Trinajstić information content (AvgIpc) is 3.75. The van der Waals surface area contributed by atoms with Gasteiger partial charge in [-0.25, -0.2) is 0 Å². The molecule has 0 amide bonds. The number of para-hydroxylation sites is 6. The number of aromatic nitrogens is 1. The predicted molar refractivity (Wildman–Crippen MR) is 220 cm³/mol. The largest absolute Gasteiger partial charge is 0.359 e. The molecule has 8 aromatic rings. The van der Waals surface area contributed by atoms with Crippen LogP contribution in [0.2, 0.25) is 0 Å². The normalized spacial score (nSPS) is 18.0. The second-order valence-electron chi connectivity index (χ2n) is 14.2. The van der Waals surface area contributed by atoms with Crippen LogP contribution in [0.1, 0.15) is 40.5 Å². The van der Waals surface area contributed by atoms with Gasteiger partial charge in [0.25, 0.3) is 0 Å². The molecule has 3 heterocycles. The maximum absolute atomic E-state index is 3.89. The van der Waals surface area contributed by atoms with Crippen molar-refractivity contribution in [3.63, 3.8) is 0 Å². The molecule has 0 radical (unpaired) electrons. The Balaban J connectivity index is 1.16. The summed E-state index contributed by atoms with van der Waals surface area (Å²) in [6.07, 6.45) is 4.76. The van der Waals surface area contributed by atoms with E-state index in [-0.39, 0.29) is 18.1 Å². The number of nitrogens with one attached hydrogen (secondary N) is 1. The molecule has 4 nitrogen and oxygen atoms in total. The van der Waals surface area contributed by atoms with Crippen LogP contribution in [-0.4, -0.2) is 4.57 Å². The smallest absolute Gasteiger partial charge is 0.130 e. The minimum Gasteiger partial charge on any atom is -0.359 e. The van der Waals surface area contributed by atoms with Crippen molar-refractivity contribution in [2.24, 2.45) is 0 Å². The minimum absolute atomic E-state index is 0.0103. The molecule has 7 aromatic carbocycles. The molecule has 1 N–H and O–H groups in total.